The largest absolute Gasteiger partial charge is 0.495 e. The number of ether oxygens (including phenoxy) is 1. The molecule has 1 aromatic carbocycles. The molecule has 6 nitrogen and oxygen atoms in total. The van der Waals surface area contributed by atoms with Crippen molar-refractivity contribution in [3.8, 4) is 5.75 Å². The van der Waals surface area contributed by atoms with E-state index in [1.54, 1.807) is 23.6 Å². The Bertz CT molecular complexity index is 837. The van der Waals surface area contributed by atoms with Gasteiger partial charge in [0, 0.05) is 17.0 Å². The molecule has 0 unspecified atom stereocenters. The number of hydrogen-bond acceptors (Lipinski definition) is 4. The van der Waals surface area contributed by atoms with Crippen LogP contribution in [0.3, 0.4) is 0 Å². The van der Waals surface area contributed by atoms with Crippen LogP contribution in [0.25, 0.3) is 10.9 Å². The lowest BCUT2D eigenvalue weighted by Gasteiger charge is -2.22. The van der Waals surface area contributed by atoms with E-state index in [1.165, 1.54) is 7.11 Å². The first-order valence-electron chi connectivity index (χ1n) is 8.28. The van der Waals surface area contributed by atoms with Gasteiger partial charge in [-0.25, -0.2) is 0 Å². The van der Waals surface area contributed by atoms with E-state index in [-0.39, 0.29) is 18.2 Å². The van der Waals surface area contributed by atoms with Gasteiger partial charge in [0.15, 0.2) is 0 Å². The van der Waals surface area contributed by atoms with E-state index in [0.717, 1.165) is 25.9 Å². The number of nitrogens with zero attached hydrogens (tertiary/aromatic N) is 1. The van der Waals surface area contributed by atoms with Crippen LogP contribution in [0.4, 0.5) is 0 Å². The highest BCUT2D eigenvalue weighted by molar-refractivity contribution is 6.33. The average Bonchev–Trinajstić information content (AvgIpc) is 2.85. The lowest BCUT2D eigenvalue weighted by Crippen LogP contribution is -2.34. The van der Waals surface area contributed by atoms with Crippen LogP contribution < -0.4 is 10.1 Å². The third-order valence-corrected chi connectivity index (χ3v) is 5.14. The quantitative estimate of drug-likeness (QED) is 0.871. The van der Waals surface area contributed by atoms with E-state index in [2.05, 4.69) is 5.32 Å². The van der Waals surface area contributed by atoms with Crippen LogP contribution >= 0.6 is 11.6 Å². The Morgan fingerprint density at radius 1 is 1.36 bits per heavy atom. The second-order valence-electron chi connectivity index (χ2n) is 6.34. The fraction of sp³-hybridized carbons (Fsp3) is 0.444. The smallest absolute Gasteiger partial charge is 0.307 e. The average molecular weight is 365 g/mol. The van der Waals surface area contributed by atoms with Crippen LogP contribution in [0.5, 0.6) is 5.75 Å². The van der Waals surface area contributed by atoms with Crippen LogP contribution in [0.1, 0.15) is 28.9 Å². The molecule has 1 saturated heterocycles. The Morgan fingerprint density at radius 2 is 2.04 bits per heavy atom. The van der Waals surface area contributed by atoms with Gasteiger partial charge in [-0.15, -0.1) is 0 Å². The zero-order chi connectivity index (χ0) is 18.1. The number of benzene rings is 1. The zero-order valence-electron chi connectivity index (χ0n) is 14.3. The van der Waals surface area contributed by atoms with Gasteiger partial charge in [0.2, 0.25) is 5.91 Å². The topological polar surface area (TPSA) is 80.6 Å². The Kier molecular flexibility index (Phi) is 5.01. The molecule has 0 radical (unpaired) electrons. The summed E-state index contributed by atoms with van der Waals surface area (Å²) in [6.07, 6.45) is 1.39. The molecule has 2 heterocycles. The van der Waals surface area contributed by atoms with E-state index >= 15 is 0 Å². The molecule has 0 saturated carbocycles. The summed E-state index contributed by atoms with van der Waals surface area (Å²) in [6, 6.07) is 3.40. The summed E-state index contributed by atoms with van der Waals surface area (Å²) < 4.78 is 6.89. The van der Waals surface area contributed by atoms with Crippen molar-refractivity contribution in [2.75, 3.05) is 20.2 Å². The number of fused-ring (bicyclic) bond motifs is 1. The molecule has 0 spiro atoms. The number of carbonyl (C=O) groups is 2. The summed E-state index contributed by atoms with van der Waals surface area (Å²) in [7, 11) is 1.51. The molecule has 25 heavy (non-hydrogen) atoms. The predicted molar refractivity (Wildman–Crippen MR) is 95.8 cm³/mol. The minimum atomic E-state index is -0.939. The van der Waals surface area contributed by atoms with Crippen molar-refractivity contribution in [2.24, 2.45) is 5.92 Å². The van der Waals surface area contributed by atoms with Crippen molar-refractivity contribution in [1.82, 2.24) is 9.88 Å². The Morgan fingerprint density at radius 3 is 2.64 bits per heavy atom. The highest BCUT2D eigenvalue weighted by atomic mass is 35.5. The molecule has 3 rings (SSSR count). The summed E-state index contributed by atoms with van der Waals surface area (Å²) in [6.45, 7) is 3.41. The monoisotopic (exact) mass is 364 g/mol. The van der Waals surface area contributed by atoms with Crippen molar-refractivity contribution in [1.29, 1.82) is 0 Å². The highest BCUT2D eigenvalue weighted by Gasteiger charge is 2.27. The second kappa shape index (κ2) is 7.06. The minimum Gasteiger partial charge on any atom is -0.495 e. The molecule has 2 aromatic rings. The Hall–Kier alpha value is -2.05. The summed E-state index contributed by atoms with van der Waals surface area (Å²) in [5.74, 6) is -0.548. The van der Waals surface area contributed by atoms with Gasteiger partial charge >= 0.3 is 5.97 Å². The number of carboxylic acids is 1. The number of hydrogen-bond donors (Lipinski definition) is 2. The lowest BCUT2D eigenvalue weighted by molar-refractivity contribution is -0.136. The SMILES string of the molecule is COc1cc2c(CC(=O)O)c(C)n(C(=O)C3CCNCC3)c2cc1Cl. The van der Waals surface area contributed by atoms with Crippen molar-refractivity contribution < 1.29 is 19.4 Å². The van der Waals surface area contributed by atoms with Crippen LogP contribution in [0.15, 0.2) is 12.1 Å². The normalized spacial score (nSPS) is 15.5. The van der Waals surface area contributed by atoms with Crippen LogP contribution in [-0.4, -0.2) is 41.7 Å². The van der Waals surface area contributed by atoms with Gasteiger partial charge in [-0.05, 0) is 50.6 Å². The Labute approximate surface area is 150 Å². The first-order valence-corrected chi connectivity index (χ1v) is 8.66. The second-order valence-corrected chi connectivity index (χ2v) is 6.74. The fourth-order valence-corrected chi connectivity index (χ4v) is 3.78. The molecule has 7 heteroatoms. The van der Waals surface area contributed by atoms with Crippen molar-refractivity contribution in [3.05, 3.63) is 28.4 Å². The van der Waals surface area contributed by atoms with Crippen molar-refractivity contribution in [2.45, 2.75) is 26.2 Å². The molecular weight excluding hydrogens is 344 g/mol. The van der Waals surface area contributed by atoms with Gasteiger partial charge < -0.3 is 15.2 Å². The van der Waals surface area contributed by atoms with E-state index < -0.39 is 5.97 Å². The van der Waals surface area contributed by atoms with Gasteiger partial charge in [-0.2, -0.15) is 0 Å². The first-order chi connectivity index (χ1) is 11.9. The number of halogens is 1. The zero-order valence-corrected chi connectivity index (χ0v) is 15.0. The number of methoxy groups -OCH3 is 1. The Balaban J connectivity index is 2.19. The molecule has 0 aliphatic carbocycles. The first kappa shape index (κ1) is 17.8. The molecule has 134 valence electrons. The molecule has 1 fully saturated rings. The number of carboxylic acid groups (broad SMARTS) is 1. The molecule has 0 bridgehead atoms. The highest BCUT2D eigenvalue weighted by Crippen LogP contribution is 2.36. The van der Waals surface area contributed by atoms with Gasteiger partial charge in [0.1, 0.15) is 5.75 Å². The van der Waals surface area contributed by atoms with Gasteiger partial charge in [-0.1, -0.05) is 11.6 Å². The summed E-state index contributed by atoms with van der Waals surface area (Å²) in [5.41, 5.74) is 1.92. The maximum Gasteiger partial charge on any atom is 0.307 e. The third kappa shape index (κ3) is 3.24. The summed E-state index contributed by atoms with van der Waals surface area (Å²) in [4.78, 5) is 24.4. The number of rotatable bonds is 4. The summed E-state index contributed by atoms with van der Waals surface area (Å²) >= 11 is 6.26. The fourth-order valence-electron chi connectivity index (χ4n) is 3.55. The molecule has 1 aliphatic rings. The van der Waals surface area contributed by atoms with Crippen LogP contribution in [-0.2, 0) is 11.2 Å². The molecule has 1 aromatic heterocycles. The van der Waals surface area contributed by atoms with Gasteiger partial charge in [0.25, 0.3) is 0 Å². The molecule has 0 amide bonds. The number of carbonyl (C=O) groups excluding carboxylic acids is 1. The van der Waals surface area contributed by atoms with Gasteiger partial charge in [0.05, 0.1) is 24.1 Å². The molecular formula is C18H21ClN2O4. The lowest BCUT2D eigenvalue weighted by atomic mass is 9.97. The number of aliphatic carboxylic acids is 1. The van der Waals surface area contributed by atoms with E-state index in [0.29, 0.717) is 32.9 Å². The van der Waals surface area contributed by atoms with Crippen molar-refractivity contribution in [3.63, 3.8) is 0 Å². The maximum absolute atomic E-state index is 13.1. The minimum absolute atomic E-state index is 0.00173. The summed E-state index contributed by atoms with van der Waals surface area (Å²) in [5, 5.41) is 13.6. The van der Waals surface area contributed by atoms with Gasteiger partial charge in [-0.3, -0.25) is 14.2 Å². The maximum atomic E-state index is 13.1. The number of piperidine rings is 1. The standard InChI is InChI=1S/C18H21ClN2O4/c1-10-12(8-17(22)23)13-7-16(25-2)14(19)9-15(13)21(10)18(24)11-3-5-20-6-4-11/h7,9,11,20H,3-6,8H2,1-2H3,(H,22,23). The third-order valence-electron chi connectivity index (χ3n) is 4.85. The van der Waals surface area contributed by atoms with Crippen LogP contribution in [0, 0.1) is 12.8 Å². The molecule has 2 N–H and O–H groups in total. The molecule has 1 aliphatic heterocycles. The number of aromatic nitrogens is 1. The predicted octanol–water partition coefficient (Wildman–Crippen LogP) is 2.88. The van der Waals surface area contributed by atoms with Crippen LogP contribution in [0.2, 0.25) is 5.02 Å². The van der Waals surface area contributed by atoms with E-state index in [9.17, 15) is 14.7 Å². The van der Waals surface area contributed by atoms with Crippen molar-refractivity contribution >= 4 is 34.4 Å². The molecule has 0 atom stereocenters. The van der Waals surface area contributed by atoms with E-state index in [1.807, 2.05) is 0 Å². The number of nitrogens with one attached hydrogen (secondary N) is 1. The van der Waals surface area contributed by atoms with E-state index in [4.69, 9.17) is 16.3 Å².